The number of morpholine rings is 1. The highest BCUT2D eigenvalue weighted by Gasteiger charge is 2.20. The zero-order chi connectivity index (χ0) is 12.0. The zero-order valence-corrected chi connectivity index (χ0v) is 11.3. The Balaban J connectivity index is 2.19. The van der Waals surface area contributed by atoms with Crippen molar-refractivity contribution in [3.63, 3.8) is 0 Å². The molecule has 0 aliphatic carbocycles. The summed E-state index contributed by atoms with van der Waals surface area (Å²) in [6.07, 6.45) is 1.59. The molecule has 0 bridgehead atoms. The Labute approximate surface area is 101 Å². The quantitative estimate of drug-likeness (QED) is 0.749. The Bertz CT molecular complexity index is 185. The van der Waals surface area contributed by atoms with Gasteiger partial charge in [0.1, 0.15) is 0 Å². The van der Waals surface area contributed by atoms with Gasteiger partial charge in [-0.3, -0.25) is 4.90 Å². The van der Waals surface area contributed by atoms with Crippen LogP contribution in [-0.4, -0.2) is 49.8 Å². The monoisotopic (exact) mass is 228 g/mol. The van der Waals surface area contributed by atoms with E-state index in [1.807, 2.05) is 0 Å². The maximum atomic E-state index is 5.68. The number of rotatable bonds is 6. The van der Waals surface area contributed by atoms with E-state index >= 15 is 0 Å². The first-order valence-electron chi connectivity index (χ1n) is 6.69. The lowest BCUT2D eigenvalue weighted by atomic mass is 10.1. The van der Waals surface area contributed by atoms with E-state index in [1.165, 1.54) is 6.54 Å². The van der Waals surface area contributed by atoms with E-state index in [0.717, 1.165) is 38.6 Å². The van der Waals surface area contributed by atoms with Crippen LogP contribution in [0.4, 0.5) is 0 Å². The number of hydrogen-bond acceptors (Lipinski definition) is 3. The van der Waals surface area contributed by atoms with E-state index in [1.54, 1.807) is 0 Å². The summed E-state index contributed by atoms with van der Waals surface area (Å²) < 4.78 is 5.68. The summed E-state index contributed by atoms with van der Waals surface area (Å²) in [5.74, 6) is 0.720. The third kappa shape index (κ3) is 5.28. The van der Waals surface area contributed by atoms with Gasteiger partial charge in [0.2, 0.25) is 0 Å². The molecule has 96 valence electrons. The van der Waals surface area contributed by atoms with Crippen LogP contribution in [-0.2, 0) is 4.74 Å². The van der Waals surface area contributed by atoms with Crippen molar-refractivity contribution in [2.45, 2.75) is 46.3 Å². The lowest BCUT2D eigenvalue weighted by Gasteiger charge is -2.34. The average Bonchev–Trinajstić information content (AvgIpc) is 2.26. The Kier molecular flexibility index (Phi) is 6.32. The molecule has 0 spiro atoms. The minimum absolute atomic E-state index is 0.457. The maximum absolute atomic E-state index is 5.68. The molecule has 1 N–H and O–H groups in total. The fourth-order valence-corrected chi connectivity index (χ4v) is 2.14. The Morgan fingerprint density at radius 3 is 2.75 bits per heavy atom. The van der Waals surface area contributed by atoms with E-state index in [9.17, 15) is 0 Å². The first kappa shape index (κ1) is 13.9. The van der Waals surface area contributed by atoms with Crippen molar-refractivity contribution in [3.05, 3.63) is 0 Å². The molecule has 0 aromatic rings. The van der Waals surface area contributed by atoms with Crippen molar-refractivity contribution in [1.82, 2.24) is 10.2 Å². The summed E-state index contributed by atoms with van der Waals surface area (Å²) in [6, 6.07) is 0.593. The van der Waals surface area contributed by atoms with Gasteiger partial charge in [0, 0.05) is 25.7 Å². The Hall–Kier alpha value is -0.120. The second-order valence-electron chi connectivity index (χ2n) is 5.33. The minimum atomic E-state index is 0.457. The predicted octanol–water partition coefficient (Wildman–Crippen LogP) is 1.73. The van der Waals surface area contributed by atoms with E-state index < -0.39 is 0 Å². The second kappa shape index (κ2) is 7.25. The highest BCUT2D eigenvalue weighted by Crippen LogP contribution is 2.10. The van der Waals surface area contributed by atoms with Gasteiger partial charge in [-0.25, -0.2) is 0 Å². The lowest BCUT2D eigenvalue weighted by molar-refractivity contribution is -0.0333. The normalized spacial score (nSPS) is 24.9. The number of hydrogen-bond donors (Lipinski definition) is 1. The predicted molar refractivity (Wildman–Crippen MR) is 68.8 cm³/mol. The molecule has 0 radical (unpaired) electrons. The van der Waals surface area contributed by atoms with Crippen molar-refractivity contribution in [1.29, 1.82) is 0 Å². The molecule has 2 unspecified atom stereocenters. The number of nitrogens with one attached hydrogen (secondary N) is 1. The smallest absolute Gasteiger partial charge is 0.0700 e. The Morgan fingerprint density at radius 1 is 1.38 bits per heavy atom. The maximum Gasteiger partial charge on any atom is 0.0700 e. The molecule has 0 amide bonds. The molecule has 1 aliphatic heterocycles. The first-order chi connectivity index (χ1) is 7.61. The lowest BCUT2D eigenvalue weighted by Crippen LogP contribution is -2.45. The van der Waals surface area contributed by atoms with Crippen molar-refractivity contribution >= 4 is 0 Å². The highest BCUT2D eigenvalue weighted by atomic mass is 16.5. The van der Waals surface area contributed by atoms with Crippen LogP contribution in [0.25, 0.3) is 0 Å². The molecular formula is C13H28N2O. The number of ether oxygens (including phenoxy) is 1. The highest BCUT2D eigenvalue weighted by molar-refractivity contribution is 4.73. The molecular weight excluding hydrogens is 200 g/mol. The molecule has 0 saturated carbocycles. The van der Waals surface area contributed by atoms with Crippen molar-refractivity contribution in [3.8, 4) is 0 Å². The number of nitrogens with zero attached hydrogens (tertiary/aromatic N) is 1. The molecule has 1 saturated heterocycles. The van der Waals surface area contributed by atoms with Gasteiger partial charge in [0.15, 0.2) is 0 Å². The van der Waals surface area contributed by atoms with Crippen LogP contribution in [0.15, 0.2) is 0 Å². The summed E-state index contributed by atoms with van der Waals surface area (Å²) in [5, 5.41) is 3.50. The molecule has 1 heterocycles. The fraction of sp³-hybridized carbons (Fsp3) is 1.00. The topological polar surface area (TPSA) is 24.5 Å². The van der Waals surface area contributed by atoms with E-state index in [4.69, 9.17) is 4.74 Å². The molecule has 0 aromatic heterocycles. The van der Waals surface area contributed by atoms with Crippen LogP contribution in [0.3, 0.4) is 0 Å². The molecule has 0 aromatic carbocycles. The second-order valence-corrected chi connectivity index (χ2v) is 5.33. The third-order valence-electron chi connectivity index (χ3n) is 3.12. The summed E-state index contributed by atoms with van der Waals surface area (Å²) in [5.41, 5.74) is 0. The summed E-state index contributed by atoms with van der Waals surface area (Å²) in [6.45, 7) is 14.4. The largest absolute Gasteiger partial charge is 0.376 e. The SMILES string of the molecule is CCC1CN(CC(C)CNC(C)C)CCO1. The van der Waals surface area contributed by atoms with Crippen LogP contribution in [0.2, 0.25) is 0 Å². The van der Waals surface area contributed by atoms with Crippen molar-refractivity contribution < 1.29 is 4.74 Å². The van der Waals surface area contributed by atoms with Crippen LogP contribution < -0.4 is 5.32 Å². The summed E-state index contributed by atoms with van der Waals surface area (Å²) in [7, 11) is 0. The molecule has 16 heavy (non-hydrogen) atoms. The van der Waals surface area contributed by atoms with Gasteiger partial charge >= 0.3 is 0 Å². The van der Waals surface area contributed by atoms with E-state index in [2.05, 4.69) is 37.9 Å². The summed E-state index contributed by atoms with van der Waals surface area (Å²) in [4.78, 5) is 2.55. The third-order valence-corrected chi connectivity index (χ3v) is 3.12. The van der Waals surface area contributed by atoms with Gasteiger partial charge < -0.3 is 10.1 Å². The standard InChI is InChI=1S/C13H28N2O/c1-5-13-10-15(6-7-16-13)9-12(4)8-14-11(2)3/h11-14H,5-10H2,1-4H3. The average molecular weight is 228 g/mol. The van der Waals surface area contributed by atoms with E-state index in [0.29, 0.717) is 12.1 Å². The minimum Gasteiger partial charge on any atom is -0.376 e. The molecule has 3 nitrogen and oxygen atoms in total. The Morgan fingerprint density at radius 2 is 2.12 bits per heavy atom. The summed E-state index contributed by atoms with van der Waals surface area (Å²) >= 11 is 0. The van der Waals surface area contributed by atoms with Crippen LogP contribution >= 0.6 is 0 Å². The zero-order valence-electron chi connectivity index (χ0n) is 11.3. The fourth-order valence-electron chi connectivity index (χ4n) is 2.14. The van der Waals surface area contributed by atoms with Crippen molar-refractivity contribution in [2.24, 2.45) is 5.92 Å². The van der Waals surface area contributed by atoms with Crippen molar-refractivity contribution in [2.75, 3.05) is 32.8 Å². The van der Waals surface area contributed by atoms with Crippen LogP contribution in [0, 0.1) is 5.92 Å². The van der Waals surface area contributed by atoms with Gasteiger partial charge in [-0.2, -0.15) is 0 Å². The van der Waals surface area contributed by atoms with Gasteiger partial charge in [-0.05, 0) is 18.9 Å². The molecule has 2 atom stereocenters. The molecule has 1 rings (SSSR count). The van der Waals surface area contributed by atoms with Gasteiger partial charge in [-0.15, -0.1) is 0 Å². The molecule has 3 heteroatoms. The van der Waals surface area contributed by atoms with Gasteiger partial charge in [0.05, 0.1) is 12.7 Å². The molecule has 1 fully saturated rings. The molecule has 1 aliphatic rings. The van der Waals surface area contributed by atoms with Gasteiger partial charge in [-0.1, -0.05) is 27.7 Å². The first-order valence-corrected chi connectivity index (χ1v) is 6.69. The van der Waals surface area contributed by atoms with Crippen LogP contribution in [0.1, 0.15) is 34.1 Å². The van der Waals surface area contributed by atoms with Gasteiger partial charge in [0.25, 0.3) is 0 Å². The van der Waals surface area contributed by atoms with E-state index in [-0.39, 0.29) is 0 Å². The van der Waals surface area contributed by atoms with Crippen LogP contribution in [0.5, 0.6) is 0 Å².